The first-order valence-electron chi connectivity index (χ1n) is 14.4. The van der Waals surface area contributed by atoms with Crippen molar-refractivity contribution >= 4 is 11.9 Å². The van der Waals surface area contributed by atoms with Gasteiger partial charge in [-0.15, -0.1) is 0 Å². The fourth-order valence-corrected chi connectivity index (χ4v) is 5.34. The number of benzene rings is 1. The van der Waals surface area contributed by atoms with Crippen molar-refractivity contribution in [2.45, 2.75) is 52.1 Å². The minimum Gasteiger partial charge on any atom is -0.491 e. The van der Waals surface area contributed by atoms with Crippen LogP contribution in [0.5, 0.6) is 5.75 Å². The van der Waals surface area contributed by atoms with Gasteiger partial charge in [-0.2, -0.15) is 0 Å². The first-order valence-corrected chi connectivity index (χ1v) is 14.4. The van der Waals surface area contributed by atoms with Crippen LogP contribution in [-0.4, -0.2) is 55.2 Å². The highest BCUT2D eigenvalue weighted by atomic mass is 16.5. The molecule has 6 rings (SSSR count). The number of carbonyl (C=O) groups excluding carboxylic acids is 1. The normalized spacial score (nSPS) is 17.0. The van der Waals surface area contributed by atoms with Crippen LogP contribution in [0.2, 0.25) is 0 Å². The largest absolute Gasteiger partial charge is 0.491 e. The summed E-state index contributed by atoms with van der Waals surface area (Å²) in [6, 6.07) is 11.4. The predicted molar refractivity (Wildman–Crippen MR) is 156 cm³/mol. The zero-order valence-electron chi connectivity index (χ0n) is 23.7. The van der Waals surface area contributed by atoms with Crippen molar-refractivity contribution in [2.24, 2.45) is 5.92 Å². The van der Waals surface area contributed by atoms with E-state index in [1.54, 1.807) is 23.5 Å². The monoisotopic (exact) mass is 567 g/mol. The number of hydrogen-bond donors (Lipinski definition) is 1. The van der Waals surface area contributed by atoms with Crippen molar-refractivity contribution in [3.8, 4) is 28.4 Å². The van der Waals surface area contributed by atoms with Crippen LogP contribution in [0.15, 0.2) is 76.1 Å². The molecule has 0 saturated heterocycles. The third-order valence-electron chi connectivity index (χ3n) is 7.49. The van der Waals surface area contributed by atoms with E-state index in [1.165, 1.54) is 0 Å². The number of anilines is 1. The summed E-state index contributed by atoms with van der Waals surface area (Å²) in [6.07, 6.45) is 11.6. The SMILES string of the molecule is CCCCN1C=C(Cc2ccc(-c3ccccc3-c3noc(=O)[nH]3)nc2)C(=O)N(c2ncc(OCC)cn2)C1C1CC1. The Labute approximate surface area is 243 Å². The average Bonchev–Trinajstić information content (AvgIpc) is 3.77. The smallest absolute Gasteiger partial charge is 0.439 e. The molecule has 1 N–H and O–H groups in total. The second-order valence-electron chi connectivity index (χ2n) is 10.5. The molecule has 3 aromatic heterocycles. The number of H-pyrrole nitrogens is 1. The maximum absolute atomic E-state index is 14.0. The Balaban J connectivity index is 1.29. The van der Waals surface area contributed by atoms with E-state index in [-0.39, 0.29) is 12.1 Å². The summed E-state index contributed by atoms with van der Waals surface area (Å²) < 4.78 is 10.2. The molecule has 1 amide bonds. The Bertz CT molecular complexity index is 1620. The van der Waals surface area contributed by atoms with Crippen molar-refractivity contribution in [1.29, 1.82) is 0 Å². The van der Waals surface area contributed by atoms with E-state index in [2.05, 4.69) is 31.9 Å². The second kappa shape index (κ2) is 12.0. The van der Waals surface area contributed by atoms with Crippen molar-refractivity contribution in [3.63, 3.8) is 0 Å². The van der Waals surface area contributed by atoms with Crippen molar-refractivity contribution in [3.05, 3.63) is 82.9 Å². The number of hydrogen-bond acceptors (Lipinski definition) is 9. The molecule has 1 fully saturated rings. The van der Waals surface area contributed by atoms with Gasteiger partial charge in [-0.3, -0.25) is 24.2 Å². The van der Waals surface area contributed by atoms with Crippen LogP contribution in [-0.2, 0) is 11.2 Å². The number of unbranched alkanes of at least 4 members (excludes halogenated alkanes) is 1. The van der Waals surface area contributed by atoms with Crippen LogP contribution >= 0.6 is 0 Å². The third-order valence-corrected chi connectivity index (χ3v) is 7.49. The van der Waals surface area contributed by atoms with Gasteiger partial charge in [0, 0.05) is 42.1 Å². The number of carbonyl (C=O) groups is 1. The molecule has 1 aliphatic heterocycles. The zero-order chi connectivity index (χ0) is 29.1. The highest BCUT2D eigenvalue weighted by molar-refractivity contribution is 6.06. The van der Waals surface area contributed by atoms with Gasteiger partial charge in [0.25, 0.3) is 5.91 Å². The minimum atomic E-state index is -0.616. The molecule has 0 radical (unpaired) electrons. The van der Waals surface area contributed by atoms with E-state index in [0.717, 1.165) is 43.4 Å². The lowest BCUT2D eigenvalue weighted by Gasteiger charge is -2.42. The van der Waals surface area contributed by atoms with Crippen LogP contribution in [0.1, 0.15) is 45.1 Å². The number of nitrogens with one attached hydrogen (secondary N) is 1. The van der Waals surface area contributed by atoms with Gasteiger partial charge in [0.05, 0.1) is 24.7 Å². The van der Waals surface area contributed by atoms with Crippen LogP contribution in [0.4, 0.5) is 5.95 Å². The molecule has 42 heavy (non-hydrogen) atoms. The van der Waals surface area contributed by atoms with Gasteiger partial charge in [0.15, 0.2) is 11.6 Å². The molecule has 1 saturated carbocycles. The molecule has 1 atom stereocenters. The zero-order valence-corrected chi connectivity index (χ0v) is 23.7. The van der Waals surface area contributed by atoms with Crippen LogP contribution in [0, 0.1) is 5.92 Å². The van der Waals surface area contributed by atoms with Gasteiger partial charge in [-0.1, -0.05) is 48.8 Å². The molecule has 11 heteroatoms. The summed E-state index contributed by atoms with van der Waals surface area (Å²) >= 11 is 0. The number of pyridine rings is 1. The Morgan fingerprint density at radius 2 is 1.79 bits per heavy atom. The Kier molecular flexibility index (Phi) is 7.81. The lowest BCUT2D eigenvalue weighted by molar-refractivity contribution is -0.117. The molecule has 11 nitrogen and oxygen atoms in total. The van der Waals surface area contributed by atoms with Gasteiger partial charge in [0.1, 0.15) is 6.17 Å². The summed E-state index contributed by atoms with van der Waals surface area (Å²) in [5, 5.41) is 3.83. The van der Waals surface area contributed by atoms with Crippen LogP contribution in [0.25, 0.3) is 22.6 Å². The lowest BCUT2D eigenvalue weighted by atomic mass is 10.00. The molecule has 0 spiro atoms. The molecular formula is C31H33N7O4. The van der Waals surface area contributed by atoms with E-state index in [9.17, 15) is 9.59 Å². The van der Waals surface area contributed by atoms with E-state index in [0.29, 0.717) is 53.3 Å². The Hall–Kier alpha value is -4.80. The molecule has 0 bridgehead atoms. The number of rotatable bonds is 11. The summed E-state index contributed by atoms with van der Waals surface area (Å²) in [4.78, 5) is 46.0. The average molecular weight is 568 g/mol. The van der Waals surface area contributed by atoms with Gasteiger partial charge < -0.3 is 9.64 Å². The van der Waals surface area contributed by atoms with Crippen LogP contribution in [0.3, 0.4) is 0 Å². The molecule has 1 aromatic carbocycles. The van der Waals surface area contributed by atoms with Crippen molar-refractivity contribution in [2.75, 3.05) is 18.1 Å². The fraction of sp³-hybridized carbons (Fsp3) is 0.355. The number of ether oxygens (including phenoxy) is 1. The summed E-state index contributed by atoms with van der Waals surface area (Å²) in [5.41, 5.74) is 3.79. The van der Waals surface area contributed by atoms with Crippen LogP contribution < -0.4 is 15.4 Å². The maximum Gasteiger partial charge on any atom is 0.439 e. The molecule has 4 heterocycles. The standard InChI is InChI=1S/C31H33N7O4/c1-3-5-14-37-19-22(29(39)38(28(37)21-11-12-21)30-33-17-23(18-34-30)41-4-2)15-20-10-13-26(32-16-20)24-8-6-7-9-25(24)27-35-31(40)42-36-27/h6-10,13,16-19,21,28H,3-5,11-12,14-15H2,1-2H3,(H,35,36,40). The van der Waals surface area contributed by atoms with Gasteiger partial charge >= 0.3 is 5.76 Å². The van der Waals surface area contributed by atoms with Crippen molar-refractivity contribution in [1.82, 2.24) is 30.0 Å². The van der Waals surface area contributed by atoms with E-state index in [1.807, 2.05) is 49.5 Å². The number of nitrogens with zero attached hydrogens (tertiary/aromatic N) is 6. The van der Waals surface area contributed by atoms with Crippen molar-refractivity contribution < 1.29 is 14.1 Å². The Morgan fingerprint density at radius 1 is 1.00 bits per heavy atom. The summed E-state index contributed by atoms with van der Waals surface area (Å²) in [5.74, 6) is 0.995. The molecular weight excluding hydrogens is 534 g/mol. The predicted octanol–water partition coefficient (Wildman–Crippen LogP) is 4.59. The minimum absolute atomic E-state index is 0.0896. The maximum atomic E-state index is 14.0. The third kappa shape index (κ3) is 5.67. The fourth-order valence-electron chi connectivity index (χ4n) is 5.34. The topological polar surface area (TPSA) is 130 Å². The summed E-state index contributed by atoms with van der Waals surface area (Å²) in [6.45, 7) is 5.45. The number of aromatic amines is 1. The molecule has 1 unspecified atom stereocenters. The highest BCUT2D eigenvalue weighted by Gasteiger charge is 2.45. The van der Waals surface area contributed by atoms with Gasteiger partial charge in [-0.05, 0) is 43.7 Å². The first kappa shape index (κ1) is 27.4. The van der Waals surface area contributed by atoms with Gasteiger partial charge in [-0.25, -0.2) is 14.8 Å². The highest BCUT2D eigenvalue weighted by Crippen LogP contribution is 2.41. The summed E-state index contributed by atoms with van der Waals surface area (Å²) in [7, 11) is 0. The van der Waals surface area contributed by atoms with Gasteiger partial charge in [0.2, 0.25) is 5.95 Å². The molecule has 216 valence electrons. The van der Waals surface area contributed by atoms with E-state index >= 15 is 0 Å². The Morgan fingerprint density at radius 3 is 2.43 bits per heavy atom. The quantitative estimate of drug-likeness (QED) is 0.276. The molecule has 2 aliphatic rings. The molecule has 4 aromatic rings. The second-order valence-corrected chi connectivity index (χ2v) is 10.5. The number of aromatic nitrogens is 5. The molecule has 1 aliphatic carbocycles. The number of amides is 1. The lowest BCUT2D eigenvalue weighted by Crippen LogP contribution is -2.55. The van der Waals surface area contributed by atoms with E-state index in [4.69, 9.17) is 14.2 Å². The van der Waals surface area contributed by atoms with E-state index < -0.39 is 5.76 Å². The first-order chi connectivity index (χ1) is 20.6.